The van der Waals surface area contributed by atoms with E-state index in [0.717, 1.165) is 11.4 Å². The molecule has 1 aromatic carbocycles. The maximum Gasteiger partial charge on any atom is 0.244 e. The van der Waals surface area contributed by atoms with E-state index in [1.807, 2.05) is 11.5 Å². The molecule has 4 rings (SSSR count). The third kappa shape index (κ3) is 3.50. The predicted molar refractivity (Wildman–Crippen MR) is 95.7 cm³/mol. The lowest BCUT2D eigenvalue weighted by atomic mass is 10.1. The number of aromatic nitrogens is 5. The van der Waals surface area contributed by atoms with E-state index in [1.165, 1.54) is 24.5 Å². The highest BCUT2D eigenvalue weighted by Crippen LogP contribution is 2.24. The van der Waals surface area contributed by atoms with Crippen LogP contribution in [0.15, 0.2) is 41.6 Å². The third-order valence-electron chi connectivity index (χ3n) is 4.61. The lowest BCUT2D eigenvalue weighted by Gasteiger charge is -2.25. The molecule has 1 N–H and O–H groups in total. The zero-order valence-corrected chi connectivity index (χ0v) is 15.5. The summed E-state index contributed by atoms with van der Waals surface area (Å²) in [6.45, 7) is 2.91. The highest BCUT2D eigenvalue weighted by molar-refractivity contribution is 7.89. The maximum atomic E-state index is 13.2. The number of hydrogen-bond acceptors (Lipinski definition) is 5. The third-order valence-corrected chi connectivity index (χ3v) is 6.09. The molecule has 0 saturated heterocycles. The molecule has 0 spiro atoms. The van der Waals surface area contributed by atoms with Crippen molar-refractivity contribution in [2.75, 3.05) is 0 Å². The van der Waals surface area contributed by atoms with Crippen LogP contribution >= 0.6 is 0 Å². The second-order valence-corrected chi connectivity index (χ2v) is 8.16. The smallest absolute Gasteiger partial charge is 0.244 e. The topological polar surface area (TPSA) is 94.7 Å². The lowest BCUT2D eigenvalue weighted by Crippen LogP contribution is -2.41. The van der Waals surface area contributed by atoms with Crippen molar-refractivity contribution in [2.45, 2.75) is 43.8 Å². The van der Waals surface area contributed by atoms with Crippen LogP contribution in [-0.4, -0.2) is 39.0 Å². The Bertz CT molecular complexity index is 1060. The molecule has 1 atom stereocenters. The van der Waals surface area contributed by atoms with Crippen LogP contribution in [0.3, 0.4) is 0 Å². The number of hydrogen-bond donors (Lipinski definition) is 1. The molecule has 0 saturated carbocycles. The van der Waals surface area contributed by atoms with Gasteiger partial charge in [0.2, 0.25) is 10.0 Å². The first-order chi connectivity index (χ1) is 13.0. The lowest BCUT2D eigenvalue weighted by molar-refractivity contribution is 0.423. The van der Waals surface area contributed by atoms with Crippen LogP contribution in [0.4, 0.5) is 4.39 Å². The largest absolute Gasteiger partial charge is 0.309 e. The first-order valence-corrected chi connectivity index (χ1v) is 10.2. The minimum absolute atomic E-state index is 0.151. The van der Waals surface area contributed by atoms with E-state index < -0.39 is 10.0 Å². The standard InChI is InChI=1S/C17H19FN6O2S/c1-2-23-11-15(9-19-23)27(25,26)22-14-7-8-16-20-21-17(24(16)10-14)12-3-5-13(18)6-4-12/h3-6,9,11,14,22H,2,7-8,10H2,1H3/t14-/m1/s1. The summed E-state index contributed by atoms with van der Waals surface area (Å²) in [6, 6.07) is 5.72. The Hall–Kier alpha value is -2.59. The highest BCUT2D eigenvalue weighted by atomic mass is 32.2. The van der Waals surface area contributed by atoms with Crippen molar-refractivity contribution >= 4 is 10.0 Å². The van der Waals surface area contributed by atoms with E-state index in [0.29, 0.717) is 31.8 Å². The quantitative estimate of drug-likeness (QED) is 0.714. The fraction of sp³-hybridized carbons (Fsp3) is 0.353. The Balaban J connectivity index is 1.56. The van der Waals surface area contributed by atoms with Crippen LogP contribution in [-0.2, 0) is 29.5 Å². The summed E-state index contributed by atoms with van der Waals surface area (Å²) in [5.41, 5.74) is 0.739. The fourth-order valence-electron chi connectivity index (χ4n) is 3.18. The zero-order chi connectivity index (χ0) is 19.0. The second-order valence-electron chi connectivity index (χ2n) is 6.45. The van der Waals surface area contributed by atoms with Crippen molar-refractivity contribution in [3.63, 3.8) is 0 Å². The molecule has 142 valence electrons. The van der Waals surface area contributed by atoms with Gasteiger partial charge in [-0.25, -0.2) is 17.5 Å². The Labute approximate surface area is 156 Å². The van der Waals surface area contributed by atoms with Gasteiger partial charge in [0.1, 0.15) is 16.5 Å². The van der Waals surface area contributed by atoms with Crippen LogP contribution < -0.4 is 4.72 Å². The molecule has 3 aromatic rings. The number of sulfonamides is 1. The number of rotatable bonds is 5. The van der Waals surface area contributed by atoms with Crippen molar-refractivity contribution in [1.29, 1.82) is 0 Å². The van der Waals surface area contributed by atoms with Crippen LogP contribution in [0.2, 0.25) is 0 Å². The van der Waals surface area contributed by atoms with Gasteiger partial charge < -0.3 is 4.57 Å². The number of fused-ring (bicyclic) bond motifs is 1. The summed E-state index contributed by atoms with van der Waals surface area (Å²) >= 11 is 0. The van der Waals surface area contributed by atoms with Crippen molar-refractivity contribution in [2.24, 2.45) is 0 Å². The SMILES string of the molecule is CCn1cc(S(=O)(=O)N[C@@H]2CCc3nnc(-c4ccc(F)cc4)n3C2)cn1. The van der Waals surface area contributed by atoms with Crippen LogP contribution in [0.5, 0.6) is 0 Å². The van der Waals surface area contributed by atoms with Gasteiger partial charge in [-0.05, 0) is 37.6 Å². The molecule has 2 aromatic heterocycles. The van der Waals surface area contributed by atoms with Gasteiger partial charge in [0, 0.05) is 37.3 Å². The first-order valence-electron chi connectivity index (χ1n) is 8.69. The fourth-order valence-corrected chi connectivity index (χ4v) is 4.39. The average Bonchev–Trinajstić information content (AvgIpc) is 3.29. The molecule has 10 heteroatoms. The minimum atomic E-state index is -3.65. The Morgan fingerprint density at radius 3 is 2.74 bits per heavy atom. The highest BCUT2D eigenvalue weighted by Gasteiger charge is 2.28. The van der Waals surface area contributed by atoms with Crippen LogP contribution in [0.1, 0.15) is 19.2 Å². The van der Waals surface area contributed by atoms with E-state index >= 15 is 0 Å². The van der Waals surface area contributed by atoms with Gasteiger partial charge in [-0.15, -0.1) is 10.2 Å². The molecule has 0 unspecified atom stereocenters. The van der Waals surface area contributed by atoms with E-state index in [9.17, 15) is 12.8 Å². The summed E-state index contributed by atoms with van der Waals surface area (Å²) in [5, 5.41) is 12.4. The van der Waals surface area contributed by atoms with E-state index in [-0.39, 0.29) is 16.8 Å². The summed E-state index contributed by atoms with van der Waals surface area (Å²) in [4.78, 5) is 0.151. The molecule has 0 bridgehead atoms. The summed E-state index contributed by atoms with van der Waals surface area (Å²) in [7, 11) is -3.65. The molecule has 0 amide bonds. The van der Waals surface area contributed by atoms with E-state index in [4.69, 9.17) is 0 Å². The van der Waals surface area contributed by atoms with Gasteiger partial charge in [-0.3, -0.25) is 4.68 Å². The van der Waals surface area contributed by atoms with Crippen molar-refractivity contribution < 1.29 is 12.8 Å². The Kier molecular flexibility index (Phi) is 4.52. The van der Waals surface area contributed by atoms with E-state index in [1.54, 1.807) is 16.8 Å². The molecule has 3 heterocycles. The number of aryl methyl sites for hydroxylation is 2. The van der Waals surface area contributed by atoms with Crippen LogP contribution in [0, 0.1) is 5.82 Å². The maximum absolute atomic E-state index is 13.2. The molecule has 8 nitrogen and oxygen atoms in total. The first kappa shape index (κ1) is 17.8. The number of halogens is 1. The van der Waals surface area contributed by atoms with Gasteiger partial charge in [-0.2, -0.15) is 5.10 Å². The van der Waals surface area contributed by atoms with Gasteiger partial charge in [-0.1, -0.05) is 0 Å². The van der Waals surface area contributed by atoms with Crippen molar-refractivity contribution in [3.05, 3.63) is 48.3 Å². The van der Waals surface area contributed by atoms with Gasteiger partial charge in [0.15, 0.2) is 5.82 Å². The normalized spacial score (nSPS) is 17.0. The molecular formula is C17H19FN6O2S. The Morgan fingerprint density at radius 2 is 2.04 bits per heavy atom. The van der Waals surface area contributed by atoms with E-state index in [2.05, 4.69) is 20.0 Å². The Morgan fingerprint density at radius 1 is 1.26 bits per heavy atom. The molecule has 0 aliphatic carbocycles. The molecule has 27 heavy (non-hydrogen) atoms. The summed E-state index contributed by atoms with van der Waals surface area (Å²) in [5.74, 6) is 1.08. The van der Waals surface area contributed by atoms with Gasteiger partial charge in [0.05, 0.1) is 6.20 Å². The molecular weight excluding hydrogens is 371 g/mol. The number of nitrogens with zero attached hydrogens (tertiary/aromatic N) is 5. The van der Waals surface area contributed by atoms with Gasteiger partial charge in [0.25, 0.3) is 0 Å². The number of nitrogens with one attached hydrogen (secondary N) is 1. The predicted octanol–water partition coefficient (Wildman–Crippen LogP) is 1.59. The summed E-state index contributed by atoms with van der Waals surface area (Å²) in [6.07, 6.45) is 4.10. The van der Waals surface area contributed by atoms with Gasteiger partial charge >= 0.3 is 0 Å². The van der Waals surface area contributed by atoms with Crippen molar-refractivity contribution in [3.8, 4) is 11.4 Å². The average molecular weight is 390 g/mol. The monoisotopic (exact) mass is 390 g/mol. The second kappa shape index (κ2) is 6.86. The molecule has 0 fully saturated rings. The van der Waals surface area contributed by atoms with Crippen molar-refractivity contribution in [1.82, 2.24) is 29.3 Å². The minimum Gasteiger partial charge on any atom is -0.309 e. The number of benzene rings is 1. The zero-order valence-electron chi connectivity index (χ0n) is 14.7. The molecule has 1 aliphatic heterocycles. The summed E-state index contributed by atoms with van der Waals surface area (Å²) < 4.78 is 44.6. The molecule has 0 radical (unpaired) electrons. The molecule has 1 aliphatic rings. The van der Waals surface area contributed by atoms with Crippen LogP contribution in [0.25, 0.3) is 11.4 Å².